The van der Waals surface area contributed by atoms with Gasteiger partial charge in [-0.1, -0.05) is 84.6 Å². The first-order valence-corrected chi connectivity index (χ1v) is 13.4. The van der Waals surface area contributed by atoms with Gasteiger partial charge in [0.25, 0.3) is 5.91 Å². The van der Waals surface area contributed by atoms with E-state index >= 15 is 0 Å². The summed E-state index contributed by atoms with van der Waals surface area (Å²) in [4.78, 5) is 29.0. The average molecular weight is 540 g/mol. The van der Waals surface area contributed by atoms with Crippen molar-refractivity contribution < 1.29 is 14.3 Å². The topological polar surface area (TPSA) is 58.6 Å². The SMILES string of the molecule is Cc1cc(OCC(=O)N(Cc2ccccc2Cl)[C@@H](Cc2ccccc2)C(=O)NC2CCCC2)ccc1Cl. The molecule has 4 rings (SSSR count). The highest BCUT2D eigenvalue weighted by atomic mass is 35.5. The number of rotatable bonds is 10. The smallest absolute Gasteiger partial charge is 0.261 e. The number of benzene rings is 3. The van der Waals surface area contributed by atoms with E-state index in [1.54, 1.807) is 29.2 Å². The standard InChI is InChI=1S/C30H32Cl2N2O3/c1-21-17-25(15-16-26(21)31)37-20-29(35)34(19-23-11-5-8-14-27(23)32)28(18-22-9-3-2-4-10-22)30(36)33-24-12-6-7-13-24/h2-5,8-11,14-17,24,28H,6-7,12-13,18-20H2,1H3,(H,33,36)/t28-/m0/s1. The second-order valence-electron chi connectivity index (χ2n) is 9.51. The Morgan fingerprint density at radius 2 is 1.68 bits per heavy atom. The summed E-state index contributed by atoms with van der Waals surface area (Å²) >= 11 is 12.6. The Labute approximate surface area is 228 Å². The van der Waals surface area contributed by atoms with Gasteiger partial charge in [0.2, 0.25) is 5.91 Å². The Morgan fingerprint density at radius 1 is 0.973 bits per heavy atom. The third-order valence-electron chi connectivity index (χ3n) is 6.76. The molecule has 1 aliphatic rings. The summed E-state index contributed by atoms with van der Waals surface area (Å²) in [5.74, 6) is 0.0940. The van der Waals surface area contributed by atoms with Gasteiger partial charge < -0.3 is 15.0 Å². The lowest BCUT2D eigenvalue weighted by Gasteiger charge is -2.32. The first kappa shape index (κ1) is 27.0. The Bertz CT molecular complexity index is 1210. The molecule has 1 aliphatic carbocycles. The molecule has 1 N–H and O–H groups in total. The van der Waals surface area contributed by atoms with Crippen LogP contribution < -0.4 is 10.1 Å². The van der Waals surface area contributed by atoms with Crippen molar-refractivity contribution >= 4 is 35.0 Å². The number of carbonyl (C=O) groups excluding carboxylic acids is 2. The van der Waals surface area contributed by atoms with Crippen LogP contribution in [0.2, 0.25) is 10.0 Å². The molecule has 0 unspecified atom stereocenters. The minimum Gasteiger partial charge on any atom is -0.484 e. The van der Waals surface area contributed by atoms with E-state index in [1.165, 1.54) is 0 Å². The zero-order valence-corrected chi connectivity index (χ0v) is 22.5. The van der Waals surface area contributed by atoms with Gasteiger partial charge >= 0.3 is 0 Å². The Balaban J connectivity index is 1.62. The third kappa shape index (κ3) is 7.50. The van der Waals surface area contributed by atoms with Gasteiger partial charge in [0.15, 0.2) is 6.61 Å². The molecule has 3 aromatic rings. The molecule has 1 saturated carbocycles. The molecule has 1 atom stereocenters. The minimum atomic E-state index is -0.720. The van der Waals surface area contributed by atoms with E-state index in [1.807, 2.05) is 55.5 Å². The summed E-state index contributed by atoms with van der Waals surface area (Å²) in [5.41, 5.74) is 2.60. The second kappa shape index (κ2) is 13.0. The van der Waals surface area contributed by atoms with Crippen LogP contribution in [-0.4, -0.2) is 35.4 Å². The van der Waals surface area contributed by atoms with Crippen molar-refractivity contribution in [3.8, 4) is 5.75 Å². The summed E-state index contributed by atoms with van der Waals surface area (Å²) in [5, 5.41) is 4.38. The molecule has 3 aromatic carbocycles. The molecular formula is C30H32Cl2N2O3. The van der Waals surface area contributed by atoms with Gasteiger partial charge in [0.1, 0.15) is 11.8 Å². The van der Waals surface area contributed by atoms with Gasteiger partial charge in [0, 0.05) is 29.1 Å². The fourth-order valence-electron chi connectivity index (χ4n) is 4.67. The van der Waals surface area contributed by atoms with Crippen LogP contribution in [0.15, 0.2) is 72.8 Å². The number of halogens is 2. The molecule has 0 aromatic heterocycles. The molecule has 0 aliphatic heterocycles. The van der Waals surface area contributed by atoms with Crippen LogP contribution in [0.4, 0.5) is 0 Å². The van der Waals surface area contributed by atoms with E-state index in [0.29, 0.717) is 22.2 Å². The predicted octanol–water partition coefficient (Wildman–Crippen LogP) is 6.38. The van der Waals surface area contributed by atoms with E-state index in [-0.39, 0.29) is 31.0 Å². The monoisotopic (exact) mass is 538 g/mol. The van der Waals surface area contributed by atoms with Crippen molar-refractivity contribution in [1.82, 2.24) is 10.2 Å². The van der Waals surface area contributed by atoms with E-state index in [0.717, 1.165) is 42.4 Å². The van der Waals surface area contributed by atoms with Crippen LogP contribution in [-0.2, 0) is 22.6 Å². The zero-order chi connectivity index (χ0) is 26.2. The molecule has 7 heteroatoms. The van der Waals surface area contributed by atoms with E-state index in [9.17, 15) is 9.59 Å². The van der Waals surface area contributed by atoms with Gasteiger partial charge in [-0.15, -0.1) is 0 Å². The molecule has 37 heavy (non-hydrogen) atoms. The van der Waals surface area contributed by atoms with Gasteiger partial charge in [0.05, 0.1) is 0 Å². The van der Waals surface area contributed by atoms with Crippen LogP contribution in [0.3, 0.4) is 0 Å². The maximum Gasteiger partial charge on any atom is 0.261 e. The minimum absolute atomic E-state index is 0.135. The molecule has 5 nitrogen and oxygen atoms in total. The first-order chi connectivity index (χ1) is 17.9. The quantitative estimate of drug-likeness (QED) is 0.325. The number of carbonyl (C=O) groups is 2. The molecule has 0 spiro atoms. The van der Waals surface area contributed by atoms with Crippen molar-refractivity contribution in [3.05, 3.63) is 99.5 Å². The number of hydrogen-bond donors (Lipinski definition) is 1. The number of ether oxygens (including phenoxy) is 1. The third-order valence-corrected chi connectivity index (χ3v) is 7.56. The fraction of sp³-hybridized carbons (Fsp3) is 0.333. The Morgan fingerprint density at radius 3 is 2.38 bits per heavy atom. The maximum absolute atomic E-state index is 13.7. The molecule has 0 bridgehead atoms. The summed E-state index contributed by atoms with van der Waals surface area (Å²) in [6.45, 7) is 1.86. The van der Waals surface area contributed by atoms with Crippen LogP contribution >= 0.6 is 23.2 Å². The lowest BCUT2D eigenvalue weighted by Crippen LogP contribution is -2.53. The van der Waals surface area contributed by atoms with E-state index < -0.39 is 6.04 Å². The van der Waals surface area contributed by atoms with E-state index in [2.05, 4.69) is 5.32 Å². The molecule has 0 saturated heterocycles. The predicted molar refractivity (Wildman–Crippen MR) is 148 cm³/mol. The number of aryl methyl sites for hydroxylation is 1. The largest absolute Gasteiger partial charge is 0.484 e. The number of hydrogen-bond acceptors (Lipinski definition) is 3. The van der Waals surface area contributed by atoms with Gasteiger partial charge in [-0.2, -0.15) is 0 Å². The van der Waals surface area contributed by atoms with E-state index in [4.69, 9.17) is 27.9 Å². The molecule has 0 heterocycles. The first-order valence-electron chi connectivity index (χ1n) is 12.7. The molecule has 194 valence electrons. The average Bonchev–Trinajstić information content (AvgIpc) is 3.41. The highest BCUT2D eigenvalue weighted by Crippen LogP contribution is 2.24. The number of nitrogens with one attached hydrogen (secondary N) is 1. The van der Waals surface area contributed by atoms with Crippen LogP contribution in [0.25, 0.3) is 0 Å². The lowest BCUT2D eigenvalue weighted by molar-refractivity contribution is -0.143. The Hall–Kier alpha value is -3.02. The normalized spacial score (nSPS) is 14.2. The van der Waals surface area contributed by atoms with Gasteiger partial charge in [-0.05, 0) is 60.7 Å². The van der Waals surface area contributed by atoms with Gasteiger partial charge in [-0.25, -0.2) is 0 Å². The van der Waals surface area contributed by atoms with Gasteiger partial charge in [-0.3, -0.25) is 9.59 Å². The van der Waals surface area contributed by atoms with Crippen LogP contribution in [0, 0.1) is 6.92 Å². The molecule has 2 amide bonds. The van der Waals surface area contributed by atoms with Crippen molar-refractivity contribution in [2.24, 2.45) is 0 Å². The van der Waals surface area contributed by atoms with Crippen molar-refractivity contribution in [2.45, 2.75) is 57.7 Å². The highest BCUT2D eigenvalue weighted by Gasteiger charge is 2.32. The van der Waals surface area contributed by atoms with Crippen LogP contribution in [0.5, 0.6) is 5.75 Å². The fourth-order valence-corrected chi connectivity index (χ4v) is 4.98. The summed E-state index contributed by atoms with van der Waals surface area (Å²) in [6.07, 6.45) is 4.51. The number of nitrogens with zero attached hydrogens (tertiary/aromatic N) is 1. The van der Waals surface area contributed by atoms with Crippen LogP contribution in [0.1, 0.15) is 42.4 Å². The molecular weight excluding hydrogens is 507 g/mol. The molecule has 1 fully saturated rings. The van der Waals surface area contributed by atoms with Crippen molar-refractivity contribution in [2.75, 3.05) is 6.61 Å². The summed E-state index contributed by atoms with van der Waals surface area (Å²) in [7, 11) is 0. The summed E-state index contributed by atoms with van der Waals surface area (Å²) < 4.78 is 5.85. The van der Waals surface area contributed by atoms with Crippen molar-refractivity contribution in [1.29, 1.82) is 0 Å². The number of amides is 2. The molecule has 0 radical (unpaired) electrons. The lowest BCUT2D eigenvalue weighted by atomic mass is 10.0. The highest BCUT2D eigenvalue weighted by molar-refractivity contribution is 6.31. The second-order valence-corrected chi connectivity index (χ2v) is 10.3. The summed E-state index contributed by atoms with van der Waals surface area (Å²) in [6, 6.07) is 21.8. The van der Waals surface area contributed by atoms with Crippen molar-refractivity contribution in [3.63, 3.8) is 0 Å². The Kier molecular flexibility index (Phi) is 9.48. The maximum atomic E-state index is 13.7. The zero-order valence-electron chi connectivity index (χ0n) is 21.0.